The number of rotatable bonds is 12. The summed E-state index contributed by atoms with van der Waals surface area (Å²) < 4.78 is 5.60. The fraction of sp³-hybridized carbons (Fsp3) is 0.440. The lowest BCUT2D eigenvalue weighted by Gasteiger charge is -2.35. The van der Waals surface area contributed by atoms with E-state index in [1.807, 2.05) is 0 Å². The van der Waals surface area contributed by atoms with E-state index < -0.39 is 35.8 Å². The first-order chi connectivity index (χ1) is 18.7. The Labute approximate surface area is 223 Å². The van der Waals surface area contributed by atoms with Crippen molar-refractivity contribution in [2.45, 2.75) is 18.9 Å². The summed E-state index contributed by atoms with van der Waals surface area (Å²) in [6.45, 7) is -0.340. The summed E-state index contributed by atoms with van der Waals surface area (Å²) in [6.07, 6.45) is -1.67. The number of carboxylic acid groups (broad SMARTS) is 2. The molecule has 0 saturated carbocycles. The van der Waals surface area contributed by atoms with Crippen LogP contribution in [0.1, 0.15) is 23.3 Å². The Morgan fingerprint density at radius 2 is 1.59 bits per heavy atom. The fourth-order valence-electron chi connectivity index (χ4n) is 3.79. The summed E-state index contributed by atoms with van der Waals surface area (Å²) in [7, 11) is 0. The lowest BCUT2D eigenvalue weighted by atomic mass is 10.1. The summed E-state index contributed by atoms with van der Waals surface area (Å²) in [5, 5.41) is 39.5. The summed E-state index contributed by atoms with van der Waals surface area (Å²) >= 11 is 0. The standard InChI is InChI=1S/C25H31N5O9/c31-13-16(14-32)15-39-20-12-19(26-22(28-20)17-4-2-1-3-5-17)23(35)27-18(6-7-21(33)34)24(36)29-8-10-30(11-9-29)25(37)38/h1-5,12,16,18,31-32H,6-11,13-15H2,(H,27,35)(H,33,34)(H,37,38)/t18-/m0/s1. The van der Waals surface area contributed by atoms with E-state index in [9.17, 15) is 29.4 Å². The largest absolute Gasteiger partial charge is 0.481 e. The topological polar surface area (TPSA) is 203 Å². The number of carbonyl (C=O) groups is 4. The average molecular weight is 546 g/mol. The first kappa shape index (κ1) is 29.3. The van der Waals surface area contributed by atoms with Gasteiger partial charge in [-0.15, -0.1) is 0 Å². The van der Waals surface area contributed by atoms with Gasteiger partial charge in [0.2, 0.25) is 11.8 Å². The quantitative estimate of drug-likeness (QED) is 0.238. The lowest BCUT2D eigenvalue weighted by molar-refractivity contribution is -0.138. The van der Waals surface area contributed by atoms with E-state index in [0.717, 1.165) is 0 Å². The number of aliphatic hydroxyl groups excluding tert-OH is 2. The Morgan fingerprint density at radius 3 is 2.18 bits per heavy atom. The van der Waals surface area contributed by atoms with E-state index in [2.05, 4.69) is 15.3 Å². The zero-order valence-electron chi connectivity index (χ0n) is 21.1. The van der Waals surface area contributed by atoms with Crippen molar-refractivity contribution in [3.8, 4) is 17.3 Å². The number of aliphatic carboxylic acids is 1. The highest BCUT2D eigenvalue weighted by atomic mass is 16.5. The average Bonchev–Trinajstić information content (AvgIpc) is 2.95. The molecule has 3 amide bonds. The molecule has 1 fully saturated rings. The van der Waals surface area contributed by atoms with Crippen LogP contribution in [0.25, 0.3) is 11.4 Å². The van der Waals surface area contributed by atoms with Gasteiger partial charge in [-0.2, -0.15) is 4.98 Å². The maximum atomic E-state index is 13.3. The number of piperazine rings is 1. The second kappa shape index (κ2) is 14.0. The molecule has 39 heavy (non-hydrogen) atoms. The Balaban J connectivity index is 1.83. The van der Waals surface area contributed by atoms with Crippen molar-refractivity contribution in [2.75, 3.05) is 46.0 Å². The van der Waals surface area contributed by atoms with Crippen molar-refractivity contribution in [1.29, 1.82) is 0 Å². The highest BCUT2D eigenvalue weighted by Crippen LogP contribution is 2.20. The third-order valence-corrected chi connectivity index (χ3v) is 6.06. The van der Waals surface area contributed by atoms with Gasteiger partial charge in [-0.3, -0.25) is 14.4 Å². The van der Waals surface area contributed by atoms with Gasteiger partial charge in [0.15, 0.2) is 5.82 Å². The Bertz CT molecular complexity index is 1150. The smallest absolute Gasteiger partial charge is 0.407 e. The van der Waals surface area contributed by atoms with Crippen LogP contribution in [0, 0.1) is 5.92 Å². The molecule has 1 aromatic heterocycles. The number of aromatic nitrogens is 2. The maximum absolute atomic E-state index is 13.3. The normalized spacial score (nSPS) is 14.1. The maximum Gasteiger partial charge on any atom is 0.407 e. The second-order valence-corrected chi connectivity index (χ2v) is 8.88. The summed E-state index contributed by atoms with van der Waals surface area (Å²) in [5.74, 6) is -2.87. The molecular weight excluding hydrogens is 514 g/mol. The van der Waals surface area contributed by atoms with E-state index >= 15 is 0 Å². The van der Waals surface area contributed by atoms with Gasteiger partial charge in [-0.25, -0.2) is 9.78 Å². The molecule has 0 spiro atoms. The van der Waals surface area contributed by atoms with Crippen molar-refractivity contribution in [2.24, 2.45) is 5.92 Å². The zero-order valence-corrected chi connectivity index (χ0v) is 21.1. The van der Waals surface area contributed by atoms with Crippen LogP contribution in [0.2, 0.25) is 0 Å². The van der Waals surface area contributed by atoms with Crippen molar-refractivity contribution in [3.63, 3.8) is 0 Å². The van der Waals surface area contributed by atoms with Crippen LogP contribution in [-0.4, -0.2) is 116 Å². The highest BCUT2D eigenvalue weighted by molar-refractivity contribution is 5.96. The minimum Gasteiger partial charge on any atom is -0.481 e. The number of benzene rings is 1. The number of carbonyl (C=O) groups excluding carboxylic acids is 2. The number of nitrogens with one attached hydrogen (secondary N) is 1. The van der Waals surface area contributed by atoms with E-state index in [4.69, 9.17) is 14.9 Å². The van der Waals surface area contributed by atoms with Crippen molar-refractivity contribution in [3.05, 3.63) is 42.1 Å². The van der Waals surface area contributed by atoms with Crippen LogP contribution < -0.4 is 10.1 Å². The summed E-state index contributed by atoms with van der Waals surface area (Å²) in [5.41, 5.74) is 0.430. The van der Waals surface area contributed by atoms with E-state index in [1.54, 1.807) is 30.3 Å². The van der Waals surface area contributed by atoms with Gasteiger partial charge < -0.3 is 40.3 Å². The van der Waals surface area contributed by atoms with Crippen LogP contribution in [0.3, 0.4) is 0 Å². The molecule has 1 aliphatic rings. The predicted octanol–water partition coefficient (Wildman–Crippen LogP) is -0.0914. The molecular formula is C25H31N5O9. The van der Waals surface area contributed by atoms with Crippen LogP contribution in [0.15, 0.2) is 36.4 Å². The Kier molecular flexibility index (Phi) is 10.5. The van der Waals surface area contributed by atoms with Gasteiger partial charge in [-0.05, 0) is 6.42 Å². The third kappa shape index (κ3) is 8.35. The van der Waals surface area contributed by atoms with Crippen LogP contribution in [-0.2, 0) is 9.59 Å². The molecule has 0 aliphatic carbocycles. The Morgan fingerprint density at radius 1 is 0.949 bits per heavy atom. The minimum atomic E-state index is -1.20. The molecule has 5 N–H and O–H groups in total. The molecule has 14 nitrogen and oxygen atoms in total. The first-order valence-electron chi connectivity index (χ1n) is 12.3. The summed E-state index contributed by atoms with van der Waals surface area (Å²) in [6, 6.07) is 8.80. The molecule has 0 unspecified atom stereocenters. The zero-order chi connectivity index (χ0) is 28.4. The monoisotopic (exact) mass is 545 g/mol. The molecule has 2 heterocycles. The van der Waals surface area contributed by atoms with Gasteiger partial charge >= 0.3 is 12.1 Å². The molecule has 1 aliphatic heterocycles. The van der Waals surface area contributed by atoms with Crippen molar-refractivity contribution < 1.29 is 44.3 Å². The molecule has 0 radical (unpaired) electrons. The number of aliphatic hydroxyl groups is 2. The van der Waals surface area contributed by atoms with Crippen LogP contribution in [0.4, 0.5) is 4.79 Å². The van der Waals surface area contributed by atoms with Gasteiger partial charge in [-0.1, -0.05) is 30.3 Å². The molecule has 2 aromatic rings. The van der Waals surface area contributed by atoms with Crippen LogP contribution in [0.5, 0.6) is 5.88 Å². The first-order valence-corrected chi connectivity index (χ1v) is 12.3. The number of ether oxygens (including phenoxy) is 1. The number of carboxylic acids is 1. The molecule has 14 heteroatoms. The van der Waals surface area contributed by atoms with Gasteiger partial charge in [0.1, 0.15) is 11.7 Å². The molecule has 3 rings (SSSR count). The SMILES string of the molecule is O=C(O)CC[C@H](NC(=O)c1cc(OCC(CO)CO)nc(-c2ccccc2)n1)C(=O)N1CCN(C(=O)O)CC1. The van der Waals surface area contributed by atoms with Gasteiger partial charge in [0, 0.05) is 50.1 Å². The fourth-order valence-corrected chi connectivity index (χ4v) is 3.79. The Hall–Kier alpha value is -4.30. The number of amides is 3. The molecule has 210 valence electrons. The number of hydrogen-bond acceptors (Lipinski definition) is 9. The highest BCUT2D eigenvalue weighted by Gasteiger charge is 2.31. The third-order valence-electron chi connectivity index (χ3n) is 6.06. The predicted molar refractivity (Wildman–Crippen MR) is 135 cm³/mol. The van der Waals surface area contributed by atoms with Crippen molar-refractivity contribution in [1.82, 2.24) is 25.1 Å². The minimum absolute atomic E-state index is 0.000826. The number of hydrogen-bond donors (Lipinski definition) is 5. The van der Waals surface area contributed by atoms with Crippen molar-refractivity contribution >= 4 is 23.9 Å². The van der Waals surface area contributed by atoms with Gasteiger partial charge in [0.25, 0.3) is 5.91 Å². The van der Waals surface area contributed by atoms with E-state index in [-0.39, 0.29) is 76.2 Å². The lowest BCUT2D eigenvalue weighted by Crippen LogP contribution is -2.55. The van der Waals surface area contributed by atoms with E-state index in [0.29, 0.717) is 5.56 Å². The molecule has 1 aromatic carbocycles. The molecule has 0 bridgehead atoms. The summed E-state index contributed by atoms with van der Waals surface area (Å²) in [4.78, 5) is 60.0. The molecule has 1 atom stereocenters. The second-order valence-electron chi connectivity index (χ2n) is 8.88. The molecule has 1 saturated heterocycles. The van der Waals surface area contributed by atoms with Gasteiger partial charge in [0.05, 0.1) is 19.8 Å². The number of nitrogens with zero attached hydrogens (tertiary/aromatic N) is 4. The van der Waals surface area contributed by atoms with Crippen LogP contribution >= 0.6 is 0 Å². The van der Waals surface area contributed by atoms with E-state index in [1.165, 1.54) is 15.9 Å².